The molecule has 3 rings (SSSR count). The summed E-state index contributed by atoms with van der Waals surface area (Å²) in [5.74, 6) is -1.25. The van der Waals surface area contributed by atoms with Crippen LogP contribution in [0.1, 0.15) is 49.1 Å². The monoisotopic (exact) mass is 339 g/mol. The summed E-state index contributed by atoms with van der Waals surface area (Å²) in [6, 6.07) is 3.94. The highest BCUT2D eigenvalue weighted by Gasteiger charge is 2.44. The first-order valence-corrected chi connectivity index (χ1v) is 8.36. The Balaban J connectivity index is 2.25. The van der Waals surface area contributed by atoms with Crippen LogP contribution in [-0.4, -0.2) is 29.1 Å². The standard InChI is InChI=1S/C19H21N3O3/c1-10-16(19(24)25-4)17(13-8-12(9-20)22(3)11(13)2)18-14(21-10)6-5-7-15(18)23/h8,17-18H,5-7H2,1-4H3/t17-,18?/m0/s1. The third-order valence-corrected chi connectivity index (χ3v) is 5.34. The largest absolute Gasteiger partial charge is 0.466 e. The molecule has 0 spiro atoms. The number of fused-ring (bicyclic) bond motifs is 1. The predicted molar refractivity (Wildman–Crippen MR) is 92.1 cm³/mol. The lowest BCUT2D eigenvalue weighted by atomic mass is 9.69. The number of rotatable bonds is 2. The molecule has 1 fully saturated rings. The van der Waals surface area contributed by atoms with Crippen LogP contribution in [0.25, 0.3) is 0 Å². The van der Waals surface area contributed by atoms with Gasteiger partial charge >= 0.3 is 5.97 Å². The van der Waals surface area contributed by atoms with Crippen molar-refractivity contribution in [2.45, 2.75) is 39.0 Å². The van der Waals surface area contributed by atoms with Gasteiger partial charge in [0.1, 0.15) is 17.5 Å². The minimum absolute atomic E-state index is 0.102. The van der Waals surface area contributed by atoms with Gasteiger partial charge in [-0.15, -0.1) is 0 Å². The maximum absolute atomic E-state index is 12.7. The third-order valence-electron chi connectivity index (χ3n) is 5.34. The topological polar surface area (TPSA) is 84.4 Å². The fraction of sp³-hybridized carbons (Fsp3) is 0.474. The van der Waals surface area contributed by atoms with E-state index >= 15 is 0 Å². The Morgan fingerprint density at radius 2 is 2.08 bits per heavy atom. The van der Waals surface area contributed by atoms with Gasteiger partial charge in [0.05, 0.1) is 18.6 Å². The maximum Gasteiger partial charge on any atom is 0.336 e. The van der Waals surface area contributed by atoms with Crippen LogP contribution >= 0.6 is 0 Å². The molecule has 2 heterocycles. The summed E-state index contributed by atoms with van der Waals surface area (Å²) in [5.41, 5.74) is 4.06. The molecular formula is C19H21N3O3. The van der Waals surface area contributed by atoms with Crippen LogP contribution in [0.15, 0.2) is 22.3 Å². The number of hydrogen-bond acceptors (Lipinski definition) is 5. The van der Waals surface area contributed by atoms with E-state index in [2.05, 4.69) is 11.1 Å². The predicted octanol–water partition coefficient (Wildman–Crippen LogP) is 2.56. The van der Waals surface area contributed by atoms with Gasteiger partial charge in [-0.3, -0.25) is 9.79 Å². The Labute approximate surface area is 146 Å². The molecule has 0 amide bonds. The number of nitrogens with zero attached hydrogens (tertiary/aromatic N) is 3. The van der Waals surface area contributed by atoms with Gasteiger partial charge in [-0.25, -0.2) is 4.79 Å². The molecular weight excluding hydrogens is 318 g/mol. The Bertz CT molecular complexity index is 867. The summed E-state index contributed by atoms with van der Waals surface area (Å²) >= 11 is 0. The van der Waals surface area contributed by atoms with Crippen LogP contribution < -0.4 is 0 Å². The molecule has 1 saturated carbocycles. The third kappa shape index (κ3) is 2.60. The number of aromatic nitrogens is 1. The quantitative estimate of drug-likeness (QED) is 0.775. The molecule has 1 aromatic rings. The fourth-order valence-electron chi connectivity index (χ4n) is 3.98. The lowest BCUT2D eigenvalue weighted by molar-refractivity contribution is -0.136. The number of Topliss-reactive ketones (excluding diaryl/α,β-unsaturated/α-hetero) is 1. The lowest BCUT2D eigenvalue weighted by Gasteiger charge is -2.35. The summed E-state index contributed by atoms with van der Waals surface area (Å²) in [5, 5.41) is 9.35. The van der Waals surface area contributed by atoms with Gasteiger partial charge in [0.15, 0.2) is 0 Å². The number of carbonyl (C=O) groups excluding carboxylic acids is 2. The second kappa shape index (κ2) is 6.32. The van der Waals surface area contributed by atoms with Gasteiger partial charge in [0.25, 0.3) is 0 Å². The number of esters is 1. The number of ketones is 1. The molecule has 1 aliphatic heterocycles. The summed E-state index contributed by atoms with van der Waals surface area (Å²) in [4.78, 5) is 29.8. The van der Waals surface area contributed by atoms with Crippen molar-refractivity contribution in [2.24, 2.45) is 18.0 Å². The first-order chi connectivity index (χ1) is 11.9. The average molecular weight is 339 g/mol. The normalized spacial score (nSPS) is 23.0. The molecule has 2 atom stereocenters. The van der Waals surface area contributed by atoms with Crippen molar-refractivity contribution in [3.8, 4) is 6.07 Å². The van der Waals surface area contributed by atoms with E-state index in [0.717, 1.165) is 29.8 Å². The smallest absolute Gasteiger partial charge is 0.336 e. The summed E-state index contributed by atoms with van der Waals surface area (Å²) in [6.45, 7) is 3.68. The van der Waals surface area contributed by atoms with E-state index in [0.29, 0.717) is 23.4 Å². The number of allylic oxidation sites excluding steroid dienone is 1. The van der Waals surface area contributed by atoms with E-state index in [1.807, 2.05) is 14.0 Å². The van der Waals surface area contributed by atoms with Crippen molar-refractivity contribution in [1.82, 2.24) is 4.57 Å². The van der Waals surface area contributed by atoms with E-state index in [9.17, 15) is 14.9 Å². The molecule has 1 unspecified atom stereocenters. The fourth-order valence-corrected chi connectivity index (χ4v) is 3.98. The van der Waals surface area contributed by atoms with Crippen molar-refractivity contribution < 1.29 is 14.3 Å². The number of nitriles is 1. The van der Waals surface area contributed by atoms with Gasteiger partial charge in [-0.2, -0.15) is 5.26 Å². The van der Waals surface area contributed by atoms with Gasteiger partial charge in [-0.1, -0.05) is 0 Å². The first kappa shape index (κ1) is 17.2. The Morgan fingerprint density at radius 3 is 2.68 bits per heavy atom. The van der Waals surface area contributed by atoms with Gasteiger partial charge < -0.3 is 9.30 Å². The molecule has 6 nitrogen and oxygen atoms in total. The van der Waals surface area contributed by atoms with Crippen molar-refractivity contribution in [2.75, 3.05) is 7.11 Å². The van der Waals surface area contributed by atoms with Crippen molar-refractivity contribution in [3.05, 3.63) is 34.3 Å². The molecule has 25 heavy (non-hydrogen) atoms. The Hall–Kier alpha value is -2.68. The average Bonchev–Trinajstić information content (AvgIpc) is 2.88. The Morgan fingerprint density at radius 1 is 1.36 bits per heavy atom. The molecule has 0 saturated heterocycles. The zero-order valence-electron chi connectivity index (χ0n) is 14.9. The molecule has 0 aromatic carbocycles. The van der Waals surface area contributed by atoms with Gasteiger partial charge in [0.2, 0.25) is 0 Å². The summed E-state index contributed by atoms with van der Waals surface area (Å²) in [6.07, 6.45) is 2.04. The number of carbonyl (C=O) groups is 2. The number of ether oxygens (including phenoxy) is 1. The number of methoxy groups -OCH3 is 1. The highest BCUT2D eigenvalue weighted by Crippen LogP contribution is 2.44. The minimum Gasteiger partial charge on any atom is -0.466 e. The van der Waals surface area contributed by atoms with Gasteiger partial charge in [-0.05, 0) is 38.3 Å². The molecule has 6 heteroatoms. The van der Waals surface area contributed by atoms with Crippen LogP contribution in [0.5, 0.6) is 0 Å². The van der Waals surface area contributed by atoms with Crippen LogP contribution in [0.4, 0.5) is 0 Å². The molecule has 1 aliphatic carbocycles. The Kier molecular flexibility index (Phi) is 4.34. The van der Waals surface area contributed by atoms with Crippen LogP contribution in [-0.2, 0) is 21.4 Å². The highest BCUT2D eigenvalue weighted by molar-refractivity contribution is 6.11. The molecule has 0 N–H and O–H groups in total. The second-order valence-electron chi connectivity index (χ2n) is 6.61. The molecule has 1 aromatic heterocycles. The summed E-state index contributed by atoms with van der Waals surface area (Å²) < 4.78 is 6.77. The van der Waals surface area contributed by atoms with Crippen molar-refractivity contribution in [1.29, 1.82) is 5.26 Å². The molecule has 0 bridgehead atoms. The van der Waals surface area contributed by atoms with Gasteiger partial charge in [0, 0.05) is 36.5 Å². The van der Waals surface area contributed by atoms with E-state index in [-0.39, 0.29) is 5.78 Å². The second-order valence-corrected chi connectivity index (χ2v) is 6.61. The van der Waals surface area contributed by atoms with Crippen molar-refractivity contribution in [3.63, 3.8) is 0 Å². The minimum atomic E-state index is -0.467. The molecule has 130 valence electrons. The zero-order chi connectivity index (χ0) is 18.3. The SMILES string of the molecule is COC(=O)C1=C(C)N=C2CCCC(=O)C2[C@H]1c1cc(C#N)n(C)c1C. The van der Waals surface area contributed by atoms with Crippen LogP contribution in [0, 0.1) is 24.2 Å². The van der Waals surface area contributed by atoms with E-state index in [4.69, 9.17) is 4.74 Å². The van der Waals surface area contributed by atoms with Crippen molar-refractivity contribution >= 4 is 17.5 Å². The number of hydrogen-bond donors (Lipinski definition) is 0. The first-order valence-electron chi connectivity index (χ1n) is 8.36. The number of aliphatic imine (C=N–C) groups is 1. The molecule has 0 radical (unpaired) electrons. The maximum atomic E-state index is 12.7. The van der Waals surface area contributed by atoms with E-state index < -0.39 is 17.8 Å². The van der Waals surface area contributed by atoms with Crippen LogP contribution in [0.2, 0.25) is 0 Å². The molecule has 2 aliphatic rings. The van der Waals surface area contributed by atoms with Crippen LogP contribution in [0.3, 0.4) is 0 Å². The highest BCUT2D eigenvalue weighted by atomic mass is 16.5. The van der Waals surface area contributed by atoms with E-state index in [1.54, 1.807) is 17.6 Å². The van der Waals surface area contributed by atoms with E-state index in [1.165, 1.54) is 7.11 Å². The summed E-state index contributed by atoms with van der Waals surface area (Å²) in [7, 11) is 3.15. The lowest BCUT2D eigenvalue weighted by Crippen LogP contribution is -2.39. The zero-order valence-corrected chi connectivity index (χ0v) is 14.9.